The van der Waals surface area contributed by atoms with Crippen molar-refractivity contribution in [2.24, 2.45) is 17.8 Å². The van der Waals surface area contributed by atoms with E-state index in [1.807, 2.05) is 0 Å². The maximum Gasteiger partial charge on any atom is 0.287 e. The van der Waals surface area contributed by atoms with Crippen LogP contribution in [0.25, 0.3) is 0 Å². The van der Waals surface area contributed by atoms with Crippen molar-refractivity contribution in [3.8, 4) is 0 Å². The second-order valence-electron chi connectivity index (χ2n) is 9.23. The number of hydrogen-bond acceptors (Lipinski definition) is 1. The van der Waals surface area contributed by atoms with Crippen molar-refractivity contribution in [1.29, 1.82) is 0 Å². The quantitative estimate of drug-likeness (QED) is 0.462. The zero-order chi connectivity index (χ0) is 16.9. The van der Waals surface area contributed by atoms with Gasteiger partial charge in [0.15, 0.2) is 0 Å². The third-order valence-corrected chi connectivity index (χ3v) is 8.77. The highest BCUT2D eigenvalue weighted by atomic mass is 31.2. The summed E-state index contributed by atoms with van der Waals surface area (Å²) >= 11 is 0. The van der Waals surface area contributed by atoms with Gasteiger partial charge in [-0.2, -0.15) is 0 Å². The van der Waals surface area contributed by atoms with Crippen LogP contribution in [0.1, 0.15) is 60.8 Å². The molecular weight excluding hydrogens is 305 g/mol. The van der Waals surface area contributed by atoms with Crippen LogP contribution in [0, 0.1) is 17.8 Å². The second kappa shape index (κ2) is 6.44. The Morgan fingerprint density at radius 2 is 0.957 bits per heavy atom. The van der Waals surface area contributed by atoms with E-state index >= 15 is 0 Å². The molecule has 5 heteroatoms. The van der Waals surface area contributed by atoms with Crippen molar-refractivity contribution in [2.75, 3.05) is 19.6 Å². The fraction of sp³-hybridized carbons (Fsp3) is 1.00. The van der Waals surface area contributed by atoms with E-state index in [9.17, 15) is 4.57 Å². The van der Waals surface area contributed by atoms with E-state index in [0.717, 1.165) is 19.6 Å². The first-order valence-corrected chi connectivity index (χ1v) is 11.2. The molecule has 0 spiro atoms. The van der Waals surface area contributed by atoms with Gasteiger partial charge in [0.25, 0.3) is 7.59 Å². The summed E-state index contributed by atoms with van der Waals surface area (Å²) in [5, 5.41) is 0. The lowest BCUT2D eigenvalue weighted by Crippen LogP contribution is -2.18. The molecule has 0 aromatic heterocycles. The Morgan fingerprint density at radius 3 is 1.17 bits per heavy atom. The largest absolute Gasteiger partial charge is 0.287 e. The van der Waals surface area contributed by atoms with Crippen molar-refractivity contribution >= 4 is 7.59 Å². The van der Waals surface area contributed by atoms with E-state index in [1.54, 1.807) is 0 Å². The first-order chi connectivity index (χ1) is 10.7. The van der Waals surface area contributed by atoms with E-state index in [1.165, 1.54) is 19.3 Å². The van der Waals surface area contributed by atoms with Gasteiger partial charge in [-0.25, -0.2) is 14.0 Å². The molecule has 3 heterocycles. The highest BCUT2D eigenvalue weighted by Crippen LogP contribution is 2.71. The van der Waals surface area contributed by atoms with Crippen LogP contribution in [0.15, 0.2) is 0 Å². The van der Waals surface area contributed by atoms with Gasteiger partial charge < -0.3 is 0 Å². The minimum atomic E-state index is -2.44. The van der Waals surface area contributed by atoms with E-state index in [2.05, 4.69) is 55.6 Å². The minimum Gasteiger partial charge on any atom is -0.270 e. The Labute approximate surface area is 143 Å². The summed E-state index contributed by atoms with van der Waals surface area (Å²) in [6.07, 6.45) is 3.57. The fourth-order valence-electron chi connectivity index (χ4n) is 4.13. The van der Waals surface area contributed by atoms with Crippen LogP contribution in [-0.4, -0.2) is 51.8 Å². The average molecular weight is 341 g/mol. The highest BCUT2D eigenvalue weighted by molar-refractivity contribution is 7.57. The molecule has 4 nitrogen and oxygen atoms in total. The molecule has 3 aliphatic heterocycles. The molecule has 6 unspecified atom stereocenters. The Bertz CT molecular complexity index is 412. The fourth-order valence-corrected chi connectivity index (χ4v) is 7.78. The molecule has 0 amide bonds. The molecule has 23 heavy (non-hydrogen) atoms. The average Bonchev–Trinajstić information content (AvgIpc) is 3.22. The molecule has 0 aromatic carbocycles. The van der Waals surface area contributed by atoms with Gasteiger partial charge in [-0.15, -0.1) is 0 Å². The molecular formula is C18H36N3OP. The summed E-state index contributed by atoms with van der Waals surface area (Å²) in [5.41, 5.74) is 0. The molecule has 134 valence electrons. The van der Waals surface area contributed by atoms with Gasteiger partial charge in [0, 0.05) is 37.8 Å². The molecule has 3 saturated heterocycles. The SMILES string of the molecule is CC(C)CC1CN1P(=O)(N1CC1CC(C)C)N1CC1CC(C)C. The summed E-state index contributed by atoms with van der Waals surface area (Å²) < 4.78 is 21.1. The molecule has 0 bridgehead atoms. The van der Waals surface area contributed by atoms with Crippen LogP contribution in [0.4, 0.5) is 0 Å². The number of hydrogen-bond donors (Lipinski definition) is 0. The predicted octanol–water partition coefficient (Wildman–Crippen LogP) is 4.29. The molecule has 0 saturated carbocycles. The summed E-state index contributed by atoms with van der Waals surface area (Å²) in [4.78, 5) is 0. The third kappa shape index (κ3) is 3.86. The second-order valence-corrected chi connectivity index (χ2v) is 11.8. The Balaban J connectivity index is 1.67. The van der Waals surface area contributed by atoms with Crippen molar-refractivity contribution in [1.82, 2.24) is 14.0 Å². The van der Waals surface area contributed by atoms with Gasteiger partial charge in [-0.05, 0) is 37.0 Å². The van der Waals surface area contributed by atoms with Crippen LogP contribution in [0.2, 0.25) is 0 Å². The minimum absolute atomic E-state index is 0.557. The molecule has 6 atom stereocenters. The molecule has 0 radical (unpaired) electrons. The first kappa shape index (κ1) is 17.9. The van der Waals surface area contributed by atoms with E-state index in [-0.39, 0.29) is 0 Å². The maximum absolute atomic E-state index is 14.1. The van der Waals surface area contributed by atoms with Gasteiger partial charge in [0.2, 0.25) is 0 Å². The Hall–Kier alpha value is 0.110. The van der Waals surface area contributed by atoms with Crippen LogP contribution in [0.5, 0.6) is 0 Å². The lowest BCUT2D eigenvalue weighted by atomic mass is 10.1. The maximum atomic E-state index is 14.1. The molecule has 3 aliphatic rings. The predicted molar refractivity (Wildman–Crippen MR) is 97.5 cm³/mol. The van der Waals surface area contributed by atoms with Crippen LogP contribution >= 0.6 is 7.59 Å². The number of nitrogens with zero attached hydrogens (tertiary/aromatic N) is 3. The van der Waals surface area contributed by atoms with Gasteiger partial charge in [-0.1, -0.05) is 41.5 Å². The summed E-state index contributed by atoms with van der Waals surface area (Å²) in [6.45, 7) is 16.8. The molecule has 3 rings (SSSR count). The standard InChI is InChI=1S/C18H36N3OP/c1-13(2)7-16-10-19(16)23(22,20-11-17(20)8-14(3)4)21-12-18(21)9-15(5)6/h13-18H,7-12H2,1-6H3. The van der Waals surface area contributed by atoms with E-state index < -0.39 is 7.59 Å². The van der Waals surface area contributed by atoms with Gasteiger partial charge in [0.05, 0.1) is 0 Å². The van der Waals surface area contributed by atoms with Gasteiger partial charge in [0.1, 0.15) is 0 Å². The van der Waals surface area contributed by atoms with Crippen LogP contribution < -0.4 is 0 Å². The lowest BCUT2D eigenvalue weighted by molar-refractivity contribution is 0.427. The van der Waals surface area contributed by atoms with Crippen LogP contribution in [-0.2, 0) is 4.57 Å². The number of rotatable bonds is 9. The monoisotopic (exact) mass is 341 g/mol. The Kier molecular flexibility index (Phi) is 5.02. The smallest absolute Gasteiger partial charge is 0.270 e. The summed E-state index contributed by atoms with van der Waals surface area (Å²) in [5.74, 6) is 2.08. The van der Waals surface area contributed by atoms with Gasteiger partial charge >= 0.3 is 0 Å². The van der Waals surface area contributed by atoms with E-state index in [0.29, 0.717) is 35.9 Å². The Morgan fingerprint density at radius 1 is 0.696 bits per heavy atom. The molecule has 0 aliphatic carbocycles. The first-order valence-electron chi connectivity index (χ1n) is 9.64. The summed E-state index contributed by atoms with van der Waals surface area (Å²) in [7, 11) is -2.44. The van der Waals surface area contributed by atoms with Gasteiger partial charge in [-0.3, -0.25) is 4.57 Å². The normalized spacial score (nSPS) is 41.4. The van der Waals surface area contributed by atoms with Crippen molar-refractivity contribution in [2.45, 2.75) is 78.9 Å². The van der Waals surface area contributed by atoms with Crippen molar-refractivity contribution < 1.29 is 4.57 Å². The molecule has 3 fully saturated rings. The topological polar surface area (TPSA) is 26.1 Å². The molecule has 0 N–H and O–H groups in total. The zero-order valence-electron chi connectivity index (χ0n) is 15.9. The zero-order valence-corrected chi connectivity index (χ0v) is 16.8. The summed E-state index contributed by atoms with van der Waals surface area (Å²) in [6, 6.07) is 1.67. The molecule has 0 aromatic rings. The third-order valence-electron chi connectivity index (χ3n) is 5.29. The highest BCUT2D eigenvalue weighted by Gasteiger charge is 2.64. The van der Waals surface area contributed by atoms with E-state index in [4.69, 9.17) is 0 Å². The van der Waals surface area contributed by atoms with Crippen LogP contribution in [0.3, 0.4) is 0 Å². The van der Waals surface area contributed by atoms with Crippen molar-refractivity contribution in [3.05, 3.63) is 0 Å². The van der Waals surface area contributed by atoms with Crippen molar-refractivity contribution in [3.63, 3.8) is 0 Å². The lowest BCUT2D eigenvalue weighted by Gasteiger charge is -2.25.